The molecule has 3 rings (SSSR count). The van der Waals surface area contributed by atoms with Crippen molar-refractivity contribution in [3.05, 3.63) is 70.6 Å². The van der Waals surface area contributed by atoms with Crippen LogP contribution >= 0.6 is 11.3 Å². The van der Waals surface area contributed by atoms with E-state index in [-0.39, 0.29) is 0 Å². The van der Waals surface area contributed by atoms with Gasteiger partial charge in [-0.05, 0) is 47.7 Å². The maximum Gasteiger partial charge on any atom is 0.0807 e. The predicted octanol–water partition coefficient (Wildman–Crippen LogP) is 4.88. The molecule has 0 bridgehead atoms. The molecule has 1 nitrogen and oxygen atoms in total. The van der Waals surface area contributed by atoms with Crippen LogP contribution in [-0.2, 0) is 6.42 Å². The van der Waals surface area contributed by atoms with Gasteiger partial charge in [0, 0.05) is 4.70 Å². The fourth-order valence-electron chi connectivity index (χ4n) is 2.49. The Balaban J connectivity index is 1.74. The third-order valence-electron chi connectivity index (χ3n) is 3.70. The summed E-state index contributed by atoms with van der Waals surface area (Å²) in [7, 11) is 0. The molecule has 0 spiro atoms. The number of aliphatic hydroxyl groups excluding tert-OH is 1. The van der Waals surface area contributed by atoms with Gasteiger partial charge in [-0.3, -0.25) is 0 Å². The maximum atomic E-state index is 10.5. The van der Waals surface area contributed by atoms with E-state index in [1.54, 1.807) is 11.3 Å². The molecule has 0 aliphatic heterocycles. The van der Waals surface area contributed by atoms with Crippen LogP contribution in [0.25, 0.3) is 10.1 Å². The second kappa shape index (κ2) is 5.78. The topological polar surface area (TPSA) is 20.2 Å². The Bertz CT molecular complexity index is 697. The van der Waals surface area contributed by atoms with Gasteiger partial charge in [0.15, 0.2) is 0 Å². The lowest BCUT2D eigenvalue weighted by molar-refractivity contribution is 0.169. The first-order chi connectivity index (χ1) is 9.74. The second-order valence-corrected chi connectivity index (χ2v) is 6.14. The minimum atomic E-state index is -0.390. The first-order valence-electron chi connectivity index (χ1n) is 6.94. The summed E-state index contributed by atoms with van der Waals surface area (Å²) >= 11 is 1.71. The Labute approximate surface area is 123 Å². The Morgan fingerprint density at radius 1 is 1.05 bits per heavy atom. The molecule has 20 heavy (non-hydrogen) atoms. The molecule has 0 saturated heterocycles. The monoisotopic (exact) mass is 282 g/mol. The second-order valence-electron chi connectivity index (χ2n) is 5.23. The smallest absolute Gasteiger partial charge is 0.0807 e. The highest BCUT2D eigenvalue weighted by Crippen LogP contribution is 2.30. The molecule has 1 N–H and O–H groups in total. The van der Waals surface area contributed by atoms with Crippen LogP contribution in [0, 0.1) is 6.92 Å². The lowest BCUT2D eigenvalue weighted by Crippen LogP contribution is -1.99. The first kappa shape index (κ1) is 13.3. The molecular formula is C18H18OS. The van der Waals surface area contributed by atoms with Gasteiger partial charge in [-0.1, -0.05) is 48.0 Å². The average Bonchev–Trinajstić information content (AvgIpc) is 2.94. The van der Waals surface area contributed by atoms with E-state index in [0.717, 1.165) is 18.4 Å². The molecule has 1 unspecified atom stereocenters. The fourth-order valence-corrected chi connectivity index (χ4v) is 3.46. The van der Waals surface area contributed by atoms with Crippen LogP contribution in [0.2, 0.25) is 0 Å². The molecule has 0 saturated carbocycles. The van der Waals surface area contributed by atoms with Crippen LogP contribution in [0.1, 0.15) is 29.2 Å². The van der Waals surface area contributed by atoms with Gasteiger partial charge in [-0.2, -0.15) is 0 Å². The third kappa shape index (κ3) is 2.77. The Morgan fingerprint density at radius 2 is 1.85 bits per heavy atom. The van der Waals surface area contributed by atoms with Gasteiger partial charge in [0.25, 0.3) is 0 Å². The van der Waals surface area contributed by atoms with Crippen molar-refractivity contribution >= 4 is 21.4 Å². The molecule has 0 fully saturated rings. The number of hydrogen-bond acceptors (Lipinski definition) is 2. The zero-order valence-corrected chi connectivity index (χ0v) is 12.4. The van der Waals surface area contributed by atoms with Gasteiger partial charge in [-0.25, -0.2) is 0 Å². The minimum absolute atomic E-state index is 0.390. The summed E-state index contributed by atoms with van der Waals surface area (Å²) in [5, 5.41) is 13.8. The van der Waals surface area contributed by atoms with Crippen LogP contribution in [-0.4, -0.2) is 5.11 Å². The molecule has 1 heterocycles. The molecule has 1 aromatic heterocycles. The van der Waals surface area contributed by atoms with Crippen molar-refractivity contribution in [1.29, 1.82) is 0 Å². The molecule has 0 aliphatic rings. The van der Waals surface area contributed by atoms with Crippen molar-refractivity contribution in [2.24, 2.45) is 0 Å². The van der Waals surface area contributed by atoms with E-state index in [2.05, 4.69) is 48.7 Å². The van der Waals surface area contributed by atoms with Crippen molar-refractivity contribution < 1.29 is 5.11 Å². The van der Waals surface area contributed by atoms with Gasteiger partial charge < -0.3 is 5.11 Å². The first-order valence-corrected chi connectivity index (χ1v) is 7.82. The van der Waals surface area contributed by atoms with Crippen molar-refractivity contribution in [3.8, 4) is 0 Å². The summed E-state index contributed by atoms with van der Waals surface area (Å²) < 4.78 is 1.21. The fraction of sp³-hybridized carbons (Fsp3) is 0.222. The summed E-state index contributed by atoms with van der Waals surface area (Å²) in [4.78, 5) is 0. The third-order valence-corrected chi connectivity index (χ3v) is 4.67. The highest BCUT2D eigenvalue weighted by atomic mass is 32.1. The maximum absolute atomic E-state index is 10.5. The Kier molecular flexibility index (Phi) is 3.86. The standard InChI is InChI=1S/C18H18OS/c1-13-5-7-14(8-6-13)9-10-17(19)16-4-2-3-15-11-12-20-18(15)16/h2-8,11-12,17,19H,9-10H2,1H3. The van der Waals surface area contributed by atoms with Gasteiger partial charge in [0.1, 0.15) is 0 Å². The van der Waals surface area contributed by atoms with Crippen molar-refractivity contribution in [2.45, 2.75) is 25.9 Å². The summed E-state index contributed by atoms with van der Waals surface area (Å²) in [5.74, 6) is 0. The van der Waals surface area contributed by atoms with Gasteiger partial charge in [0.05, 0.1) is 6.10 Å². The highest BCUT2D eigenvalue weighted by molar-refractivity contribution is 7.17. The highest BCUT2D eigenvalue weighted by Gasteiger charge is 2.12. The SMILES string of the molecule is Cc1ccc(CCC(O)c2cccc3ccsc23)cc1. The Hall–Kier alpha value is -1.64. The number of hydrogen-bond donors (Lipinski definition) is 1. The zero-order valence-electron chi connectivity index (χ0n) is 11.5. The number of fused-ring (bicyclic) bond motifs is 1. The summed E-state index contributed by atoms with van der Waals surface area (Å²) in [6.45, 7) is 2.09. The molecule has 2 aromatic carbocycles. The number of aryl methyl sites for hydroxylation is 2. The largest absolute Gasteiger partial charge is 0.388 e. The Morgan fingerprint density at radius 3 is 2.65 bits per heavy atom. The van der Waals surface area contributed by atoms with Gasteiger partial charge in [-0.15, -0.1) is 11.3 Å². The molecule has 102 valence electrons. The van der Waals surface area contributed by atoms with Crippen LogP contribution in [0.5, 0.6) is 0 Å². The minimum Gasteiger partial charge on any atom is -0.388 e. The average molecular weight is 282 g/mol. The number of rotatable bonds is 4. The van der Waals surface area contributed by atoms with Crippen LogP contribution < -0.4 is 0 Å². The van der Waals surface area contributed by atoms with Crippen molar-refractivity contribution in [1.82, 2.24) is 0 Å². The molecule has 3 aromatic rings. The number of thiophene rings is 1. The summed E-state index contributed by atoms with van der Waals surface area (Å²) in [6, 6.07) is 16.8. The van der Waals surface area contributed by atoms with Gasteiger partial charge >= 0.3 is 0 Å². The van der Waals surface area contributed by atoms with E-state index in [4.69, 9.17) is 0 Å². The number of aliphatic hydroxyl groups is 1. The molecule has 0 radical (unpaired) electrons. The molecule has 1 atom stereocenters. The molecule has 2 heteroatoms. The van der Waals surface area contributed by atoms with Crippen LogP contribution in [0.4, 0.5) is 0 Å². The number of benzene rings is 2. The lowest BCUT2D eigenvalue weighted by Gasteiger charge is -2.12. The van der Waals surface area contributed by atoms with E-state index >= 15 is 0 Å². The van der Waals surface area contributed by atoms with Crippen molar-refractivity contribution in [2.75, 3.05) is 0 Å². The molecule has 0 aliphatic carbocycles. The quantitative estimate of drug-likeness (QED) is 0.723. The molecule has 0 amide bonds. The summed E-state index contributed by atoms with van der Waals surface area (Å²) in [5.41, 5.74) is 3.62. The summed E-state index contributed by atoms with van der Waals surface area (Å²) in [6.07, 6.45) is 1.28. The van der Waals surface area contributed by atoms with E-state index in [9.17, 15) is 5.11 Å². The van der Waals surface area contributed by atoms with Crippen molar-refractivity contribution in [3.63, 3.8) is 0 Å². The van der Waals surface area contributed by atoms with Crippen LogP contribution in [0.15, 0.2) is 53.9 Å². The molecular weight excluding hydrogens is 264 g/mol. The predicted molar refractivity (Wildman–Crippen MR) is 86.3 cm³/mol. The van der Waals surface area contributed by atoms with E-state index < -0.39 is 6.10 Å². The van der Waals surface area contributed by atoms with E-state index in [1.807, 2.05) is 12.1 Å². The van der Waals surface area contributed by atoms with E-state index in [1.165, 1.54) is 21.2 Å². The lowest BCUT2D eigenvalue weighted by atomic mass is 10.00. The van der Waals surface area contributed by atoms with E-state index in [0.29, 0.717) is 0 Å². The zero-order chi connectivity index (χ0) is 13.9. The van der Waals surface area contributed by atoms with Gasteiger partial charge in [0.2, 0.25) is 0 Å². The normalized spacial score (nSPS) is 12.7. The van der Waals surface area contributed by atoms with Crippen LogP contribution in [0.3, 0.4) is 0 Å².